The Bertz CT molecular complexity index is 659. The maximum Gasteiger partial charge on any atom is 0.305 e. The Labute approximate surface area is 219 Å². The first kappa shape index (κ1) is 30.8. The van der Waals surface area contributed by atoms with Crippen molar-refractivity contribution in [3.05, 3.63) is 35.4 Å². The number of benzene rings is 1. The number of hydrogen-bond donors (Lipinski definition) is 0. The van der Waals surface area contributed by atoms with Gasteiger partial charge in [-0.2, -0.15) is 0 Å². The van der Waals surface area contributed by atoms with Crippen LogP contribution >= 0.6 is 0 Å². The molecule has 0 spiro atoms. The van der Waals surface area contributed by atoms with Crippen molar-refractivity contribution in [1.82, 2.24) is 0 Å². The predicted molar refractivity (Wildman–Crippen MR) is 142 cm³/mol. The van der Waals surface area contributed by atoms with E-state index in [0.29, 0.717) is 26.4 Å². The van der Waals surface area contributed by atoms with Gasteiger partial charge in [-0.1, -0.05) is 88.5 Å². The molecule has 2 rings (SSSR count). The van der Waals surface area contributed by atoms with Crippen molar-refractivity contribution in [2.45, 2.75) is 122 Å². The van der Waals surface area contributed by atoms with Crippen LogP contribution in [0.5, 0.6) is 0 Å². The fourth-order valence-electron chi connectivity index (χ4n) is 4.48. The number of ether oxygens (including phenoxy) is 5. The highest BCUT2D eigenvalue weighted by Crippen LogP contribution is 2.18. The number of methoxy groups -OCH3 is 1. The standard InChI is InChI=1S/C30H50O6/c1-32-29(31)20-12-10-8-6-4-2-3-5-7-9-11-16-22-33-26-34-24-27-18-13-14-19-28(27)25-36-30-21-15-17-23-35-30/h13-14,18-19,30H,2-12,15-17,20-26H2,1H3. The Morgan fingerprint density at radius 2 is 1.42 bits per heavy atom. The van der Waals surface area contributed by atoms with Gasteiger partial charge < -0.3 is 23.7 Å². The van der Waals surface area contributed by atoms with E-state index in [9.17, 15) is 4.79 Å². The van der Waals surface area contributed by atoms with Crippen LogP contribution < -0.4 is 0 Å². The Balaban J connectivity index is 1.34. The number of esters is 1. The van der Waals surface area contributed by atoms with Gasteiger partial charge in [0.2, 0.25) is 0 Å². The zero-order valence-corrected chi connectivity index (χ0v) is 22.7. The molecule has 1 aromatic rings. The van der Waals surface area contributed by atoms with Crippen LogP contribution in [0.2, 0.25) is 0 Å². The van der Waals surface area contributed by atoms with Gasteiger partial charge in [-0.05, 0) is 43.2 Å². The summed E-state index contributed by atoms with van der Waals surface area (Å²) in [4.78, 5) is 11.0. The average Bonchev–Trinajstić information content (AvgIpc) is 2.92. The van der Waals surface area contributed by atoms with E-state index in [2.05, 4.69) is 16.9 Å². The van der Waals surface area contributed by atoms with Gasteiger partial charge in [-0.25, -0.2) is 0 Å². The zero-order chi connectivity index (χ0) is 25.5. The van der Waals surface area contributed by atoms with Crippen molar-refractivity contribution >= 4 is 5.97 Å². The molecular weight excluding hydrogens is 456 g/mol. The number of hydrogen-bond acceptors (Lipinski definition) is 6. The zero-order valence-electron chi connectivity index (χ0n) is 22.7. The van der Waals surface area contributed by atoms with E-state index in [1.807, 2.05) is 12.1 Å². The second kappa shape index (κ2) is 21.6. The number of carbonyl (C=O) groups excluding carboxylic acids is 1. The third-order valence-corrected chi connectivity index (χ3v) is 6.75. The molecule has 0 amide bonds. The minimum atomic E-state index is -0.0843. The lowest BCUT2D eigenvalue weighted by Gasteiger charge is -2.23. The lowest BCUT2D eigenvalue weighted by molar-refractivity contribution is -0.169. The van der Waals surface area contributed by atoms with Crippen molar-refractivity contribution in [2.24, 2.45) is 0 Å². The van der Waals surface area contributed by atoms with Gasteiger partial charge in [0.05, 0.1) is 20.3 Å². The predicted octanol–water partition coefficient (Wildman–Crippen LogP) is 7.46. The molecule has 1 aliphatic rings. The Morgan fingerprint density at radius 3 is 2.03 bits per heavy atom. The first-order valence-electron chi connectivity index (χ1n) is 14.3. The maximum absolute atomic E-state index is 11.0. The molecule has 1 aliphatic heterocycles. The highest BCUT2D eigenvalue weighted by atomic mass is 16.7. The summed E-state index contributed by atoms with van der Waals surface area (Å²) in [5.41, 5.74) is 2.30. The van der Waals surface area contributed by atoms with Crippen molar-refractivity contribution in [3.63, 3.8) is 0 Å². The Hall–Kier alpha value is -1.47. The quantitative estimate of drug-likeness (QED) is 0.0923. The van der Waals surface area contributed by atoms with Crippen LogP contribution in [-0.2, 0) is 41.7 Å². The molecule has 1 unspecified atom stereocenters. The van der Waals surface area contributed by atoms with Crippen LogP contribution in [0.3, 0.4) is 0 Å². The lowest BCUT2D eigenvalue weighted by Crippen LogP contribution is -2.22. The minimum absolute atomic E-state index is 0.0718. The second-order valence-electron chi connectivity index (χ2n) is 9.82. The second-order valence-corrected chi connectivity index (χ2v) is 9.82. The first-order chi connectivity index (χ1) is 17.8. The van der Waals surface area contributed by atoms with Crippen molar-refractivity contribution < 1.29 is 28.5 Å². The molecule has 0 aromatic heterocycles. The van der Waals surface area contributed by atoms with Crippen LogP contribution in [0.4, 0.5) is 0 Å². The largest absolute Gasteiger partial charge is 0.469 e. The molecular formula is C30H50O6. The molecule has 0 aliphatic carbocycles. The monoisotopic (exact) mass is 506 g/mol. The normalized spacial score (nSPS) is 15.8. The summed E-state index contributed by atoms with van der Waals surface area (Å²) in [6.45, 7) is 3.00. The van der Waals surface area contributed by atoms with Gasteiger partial charge in [0.1, 0.15) is 6.79 Å². The summed E-state index contributed by atoms with van der Waals surface area (Å²) in [7, 11) is 1.46. The van der Waals surface area contributed by atoms with Gasteiger partial charge in [-0.15, -0.1) is 0 Å². The molecule has 6 nitrogen and oxygen atoms in total. The molecule has 36 heavy (non-hydrogen) atoms. The van der Waals surface area contributed by atoms with Crippen LogP contribution in [0, 0.1) is 0 Å². The van der Waals surface area contributed by atoms with Crippen LogP contribution in [0.15, 0.2) is 24.3 Å². The highest BCUT2D eigenvalue weighted by Gasteiger charge is 2.14. The molecule has 1 aromatic carbocycles. The van der Waals surface area contributed by atoms with E-state index in [0.717, 1.165) is 56.4 Å². The topological polar surface area (TPSA) is 63.2 Å². The van der Waals surface area contributed by atoms with Crippen LogP contribution in [0.1, 0.15) is 114 Å². The fraction of sp³-hybridized carbons (Fsp3) is 0.767. The molecule has 0 N–H and O–H groups in total. The smallest absolute Gasteiger partial charge is 0.305 e. The van der Waals surface area contributed by atoms with E-state index < -0.39 is 0 Å². The van der Waals surface area contributed by atoms with E-state index >= 15 is 0 Å². The van der Waals surface area contributed by atoms with Crippen molar-refractivity contribution in [3.8, 4) is 0 Å². The van der Waals surface area contributed by atoms with Gasteiger partial charge in [0, 0.05) is 19.6 Å². The maximum atomic E-state index is 11.0. The lowest BCUT2D eigenvalue weighted by atomic mass is 10.0. The number of carbonyl (C=O) groups is 1. The minimum Gasteiger partial charge on any atom is -0.469 e. The molecule has 1 heterocycles. The molecule has 1 fully saturated rings. The molecule has 0 saturated carbocycles. The summed E-state index contributed by atoms with van der Waals surface area (Å²) in [5, 5.41) is 0. The molecule has 1 saturated heterocycles. The molecule has 0 radical (unpaired) electrons. The van der Waals surface area contributed by atoms with Gasteiger partial charge in [0.25, 0.3) is 0 Å². The number of rotatable bonds is 22. The third-order valence-electron chi connectivity index (χ3n) is 6.75. The first-order valence-corrected chi connectivity index (χ1v) is 14.3. The molecule has 206 valence electrons. The summed E-state index contributed by atoms with van der Waals surface area (Å²) in [5.74, 6) is -0.0843. The summed E-state index contributed by atoms with van der Waals surface area (Å²) in [6, 6.07) is 8.26. The Morgan fingerprint density at radius 1 is 0.806 bits per heavy atom. The highest BCUT2D eigenvalue weighted by molar-refractivity contribution is 5.68. The third kappa shape index (κ3) is 15.6. The summed E-state index contributed by atoms with van der Waals surface area (Å²) < 4.78 is 27.7. The van der Waals surface area contributed by atoms with E-state index in [4.69, 9.17) is 18.9 Å². The van der Waals surface area contributed by atoms with Crippen LogP contribution in [0.25, 0.3) is 0 Å². The van der Waals surface area contributed by atoms with Gasteiger partial charge in [-0.3, -0.25) is 4.79 Å². The van der Waals surface area contributed by atoms with E-state index in [-0.39, 0.29) is 12.3 Å². The Kier molecular flexibility index (Phi) is 18.5. The van der Waals surface area contributed by atoms with Gasteiger partial charge >= 0.3 is 5.97 Å². The van der Waals surface area contributed by atoms with E-state index in [1.165, 1.54) is 71.3 Å². The van der Waals surface area contributed by atoms with E-state index in [1.54, 1.807) is 0 Å². The van der Waals surface area contributed by atoms with Crippen molar-refractivity contribution in [2.75, 3.05) is 27.1 Å². The molecule has 6 heteroatoms. The van der Waals surface area contributed by atoms with Crippen LogP contribution in [-0.4, -0.2) is 39.4 Å². The molecule has 1 atom stereocenters. The summed E-state index contributed by atoms with van der Waals surface area (Å²) in [6.07, 6.45) is 18.7. The fourth-order valence-corrected chi connectivity index (χ4v) is 4.48. The van der Waals surface area contributed by atoms with Gasteiger partial charge in [0.15, 0.2) is 6.29 Å². The van der Waals surface area contributed by atoms with Crippen molar-refractivity contribution in [1.29, 1.82) is 0 Å². The number of unbranched alkanes of at least 4 members (excludes halogenated alkanes) is 11. The average molecular weight is 507 g/mol. The SMILES string of the molecule is COC(=O)CCCCCCCCCCCCCCOCOCc1ccccc1COC1CCCCO1. The molecule has 0 bridgehead atoms. The summed E-state index contributed by atoms with van der Waals surface area (Å²) >= 11 is 0.